The summed E-state index contributed by atoms with van der Waals surface area (Å²) in [6, 6.07) is 4.68. The first-order valence-corrected chi connectivity index (χ1v) is 17.0. The molecule has 0 bridgehead atoms. The monoisotopic (exact) mass is 662 g/mol. The Labute approximate surface area is 267 Å². The number of hydrogen-bond donors (Lipinski definition) is 3. The number of piperidine rings is 1. The third-order valence-corrected chi connectivity index (χ3v) is 10.6. The molecule has 3 N–H and O–H groups in total. The molecule has 2 atom stereocenters. The Balaban J connectivity index is 1.42. The second kappa shape index (κ2) is 13.4. The maximum absolute atomic E-state index is 15.5. The number of hydrogen-bond acceptors (Lipinski definition) is 7. The third kappa shape index (κ3) is 7.45. The summed E-state index contributed by atoms with van der Waals surface area (Å²) in [5.74, 6) is -2.91. The van der Waals surface area contributed by atoms with Crippen LogP contribution in [0, 0.1) is 17.6 Å². The highest BCUT2D eigenvalue weighted by Gasteiger charge is 2.38. The number of benzene rings is 1. The van der Waals surface area contributed by atoms with Gasteiger partial charge in [0.2, 0.25) is 0 Å². The zero-order valence-corrected chi connectivity index (χ0v) is 27.3. The number of likely N-dealkylation sites (tertiary alicyclic amines) is 1. The van der Waals surface area contributed by atoms with E-state index in [0.717, 1.165) is 16.4 Å². The Hall–Kier alpha value is -3.33. The van der Waals surface area contributed by atoms with Gasteiger partial charge < -0.3 is 15.3 Å². The molecule has 10 nitrogen and oxygen atoms in total. The molecule has 1 aliphatic heterocycles. The molecule has 46 heavy (non-hydrogen) atoms. The summed E-state index contributed by atoms with van der Waals surface area (Å²) in [7, 11) is -1.42. The van der Waals surface area contributed by atoms with Gasteiger partial charge in [-0.2, -0.15) is 12.7 Å². The molecule has 3 aromatic rings. The predicted molar refractivity (Wildman–Crippen MR) is 169 cm³/mol. The third-order valence-electron chi connectivity index (χ3n) is 9.17. The minimum absolute atomic E-state index is 0.0211. The molecule has 250 valence electrons. The molecule has 0 radical (unpaired) electrons. The van der Waals surface area contributed by atoms with Gasteiger partial charge in [0.15, 0.2) is 11.6 Å². The highest BCUT2D eigenvalue weighted by atomic mass is 32.2. The van der Waals surface area contributed by atoms with E-state index in [2.05, 4.69) is 24.9 Å². The quantitative estimate of drug-likeness (QED) is 0.296. The minimum atomic E-state index is -4.01. The van der Waals surface area contributed by atoms with E-state index >= 15 is 13.2 Å². The van der Waals surface area contributed by atoms with Crippen molar-refractivity contribution in [3.8, 4) is 0 Å². The van der Waals surface area contributed by atoms with Crippen molar-refractivity contribution in [2.75, 3.05) is 38.5 Å². The van der Waals surface area contributed by atoms with Crippen molar-refractivity contribution in [2.45, 2.75) is 70.2 Å². The highest BCUT2D eigenvalue weighted by molar-refractivity contribution is 7.90. The maximum Gasteiger partial charge on any atom is 0.302 e. The lowest BCUT2D eigenvalue weighted by molar-refractivity contribution is 0.0794. The van der Waals surface area contributed by atoms with Crippen LogP contribution in [0.4, 0.5) is 19.0 Å². The normalized spacial score (nSPS) is 20.2. The number of amides is 1. The van der Waals surface area contributed by atoms with Crippen LogP contribution in [0.15, 0.2) is 30.5 Å². The zero-order valence-electron chi connectivity index (χ0n) is 26.5. The molecule has 14 heteroatoms. The average Bonchev–Trinajstić information content (AvgIpc) is 2.99. The molecule has 0 spiro atoms. The first kappa shape index (κ1) is 34.0. The summed E-state index contributed by atoms with van der Waals surface area (Å²) in [5.41, 5.74) is 0.391. The van der Waals surface area contributed by atoms with E-state index in [1.165, 1.54) is 26.4 Å². The number of fused-ring (bicyclic) bond motifs is 2. The lowest BCUT2D eigenvalue weighted by Gasteiger charge is -2.34. The summed E-state index contributed by atoms with van der Waals surface area (Å²) >= 11 is 0. The van der Waals surface area contributed by atoms with Crippen LogP contribution >= 0.6 is 0 Å². The van der Waals surface area contributed by atoms with E-state index in [-0.39, 0.29) is 29.5 Å². The molecule has 0 unspecified atom stereocenters. The molecule has 1 aliphatic carbocycles. The van der Waals surface area contributed by atoms with E-state index in [1.54, 1.807) is 6.07 Å². The summed E-state index contributed by atoms with van der Waals surface area (Å²) in [5, 5.41) is 13.1. The molecule has 1 saturated heterocycles. The Kier molecular flexibility index (Phi) is 9.92. The van der Waals surface area contributed by atoms with Gasteiger partial charge in [0, 0.05) is 63.0 Å². The molecule has 2 aliphatic rings. The van der Waals surface area contributed by atoms with Gasteiger partial charge in [0.05, 0.1) is 12.1 Å². The van der Waals surface area contributed by atoms with Gasteiger partial charge in [-0.15, -0.1) is 0 Å². The number of aliphatic hydroxyl groups excluding tert-OH is 1. The number of aryl methyl sites for hydroxylation is 1. The van der Waals surface area contributed by atoms with Crippen LogP contribution in [-0.2, 0) is 23.1 Å². The highest BCUT2D eigenvalue weighted by Crippen LogP contribution is 2.38. The van der Waals surface area contributed by atoms with Crippen molar-refractivity contribution in [1.29, 1.82) is 0 Å². The van der Waals surface area contributed by atoms with Crippen LogP contribution in [0.5, 0.6) is 0 Å². The summed E-state index contributed by atoms with van der Waals surface area (Å²) in [4.78, 5) is 24.2. The van der Waals surface area contributed by atoms with Crippen LogP contribution in [0.25, 0.3) is 10.9 Å². The van der Waals surface area contributed by atoms with Crippen LogP contribution in [-0.4, -0.2) is 84.1 Å². The van der Waals surface area contributed by atoms with Crippen molar-refractivity contribution >= 4 is 32.8 Å². The molecule has 1 fully saturated rings. The standard InChI is InChI=1S/C32H41F3N6O4S/c1-19(2)32(35)9-5-27-22(17-32)14-20-13-21(15-25(33)29(20)37-27)31(43)38-28(8-12-41-10-6-24(42)7-11-41)23-16-26(34)30(36-18-23)39-46(44,45)40(3)4/h13-16,18-19,24,28,42H,5-12,17H2,1-4H3,(H,36,39)(H,38,43)/t28-,32+/m1/s1. The number of pyridine rings is 2. The molecule has 1 aromatic carbocycles. The zero-order chi connectivity index (χ0) is 33.4. The molecule has 3 heterocycles. The number of aromatic nitrogens is 2. The van der Waals surface area contributed by atoms with Crippen molar-refractivity contribution in [3.63, 3.8) is 0 Å². The van der Waals surface area contributed by atoms with Crippen LogP contribution in [0.3, 0.4) is 0 Å². The molecule has 5 rings (SSSR count). The Morgan fingerprint density at radius 2 is 1.87 bits per heavy atom. The second-order valence-corrected chi connectivity index (χ2v) is 14.8. The lowest BCUT2D eigenvalue weighted by Crippen LogP contribution is -2.38. The molecule has 1 amide bonds. The summed E-state index contributed by atoms with van der Waals surface area (Å²) < 4.78 is 73.4. The molecule has 2 aromatic heterocycles. The fourth-order valence-corrected chi connectivity index (χ4v) is 6.58. The van der Waals surface area contributed by atoms with Gasteiger partial charge in [-0.25, -0.2) is 23.1 Å². The van der Waals surface area contributed by atoms with Crippen molar-refractivity contribution < 1.29 is 31.5 Å². The Morgan fingerprint density at radius 3 is 2.52 bits per heavy atom. The number of halogens is 3. The predicted octanol–water partition coefficient (Wildman–Crippen LogP) is 4.30. The SMILES string of the molecule is CC(C)[C@]1(F)CCc2nc3c(F)cc(C(=O)N[C@H](CCN4CCC(O)CC4)c4cnc(NS(=O)(=O)N(C)C)c(F)c4)cc3cc2C1. The number of alkyl halides is 1. The number of aliphatic hydroxyl groups is 1. The van der Waals surface area contributed by atoms with Crippen molar-refractivity contribution in [1.82, 2.24) is 24.5 Å². The first-order valence-electron chi connectivity index (χ1n) is 15.5. The van der Waals surface area contributed by atoms with Gasteiger partial charge in [0.1, 0.15) is 17.0 Å². The second-order valence-electron chi connectivity index (χ2n) is 12.9. The number of nitrogens with one attached hydrogen (secondary N) is 2. The van der Waals surface area contributed by atoms with E-state index in [0.29, 0.717) is 73.9 Å². The van der Waals surface area contributed by atoms with Gasteiger partial charge in [-0.1, -0.05) is 13.8 Å². The lowest BCUT2D eigenvalue weighted by atomic mass is 9.77. The van der Waals surface area contributed by atoms with E-state index in [4.69, 9.17) is 0 Å². The maximum atomic E-state index is 15.5. The number of rotatable bonds is 10. The number of carbonyl (C=O) groups excluding carboxylic acids is 1. The number of nitrogens with zero attached hydrogens (tertiary/aromatic N) is 4. The average molecular weight is 663 g/mol. The molecular weight excluding hydrogens is 621 g/mol. The minimum Gasteiger partial charge on any atom is -0.393 e. The van der Waals surface area contributed by atoms with Crippen LogP contribution in [0.2, 0.25) is 0 Å². The first-order chi connectivity index (χ1) is 21.6. The van der Waals surface area contributed by atoms with Gasteiger partial charge in [-0.05, 0) is 73.4 Å². The Bertz CT molecular complexity index is 1720. The smallest absolute Gasteiger partial charge is 0.302 e. The molecule has 0 saturated carbocycles. The summed E-state index contributed by atoms with van der Waals surface area (Å²) in [6.07, 6.45) is 3.37. The van der Waals surface area contributed by atoms with Crippen LogP contribution in [0.1, 0.15) is 72.8 Å². The van der Waals surface area contributed by atoms with E-state index in [9.17, 15) is 18.3 Å². The van der Waals surface area contributed by atoms with Crippen molar-refractivity contribution in [3.05, 3.63) is 64.5 Å². The van der Waals surface area contributed by atoms with E-state index < -0.39 is 45.3 Å². The fourth-order valence-electron chi connectivity index (χ4n) is 6.00. The number of carbonyl (C=O) groups is 1. The van der Waals surface area contributed by atoms with Gasteiger partial charge >= 0.3 is 10.2 Å². The number of anilines is 1. The molecular formula is C32H41F3N6O4S. The topological polar surface area (TPSA) is 128 Å². The summed E-state index contributed by atoms with van der Waals surface area (Å²) in [6.45, 7) is 5.50. The largest absolute Gasteiger partial charge is 0.393 e. The van der Waals surface area contributed by atoms with Crippen LogP contribution < -0.4 is 10.0 Å². The van der Waals surface area contributed by atoms with Crippen molar-refractivity contribution in [2.24, 2.45) is 5.92 Å². The fraction of sp³-hybridized carbons (Fsp3) is 0.531. The van der Waals surface area contributed by atoms with Gasteiger partial charge in [0.25, 0.3) is 5.91 Å². The Morgan fingerprint density at radius 1 is 1.15 bits per heavy atom. The van der Waals surface area contributed by atoms with E-state index in [1.807, 2.05) is 13.8 Å². The van der Waals surface area contributed by atoms with Gasteiger partial charge in [-0.3, -0.25) is 9.52 Å².